The number of benzene rings is 1. The first-order valence-electron chi connectivity index (χ1n) is 6.59. The van der Waals surface area contributed by atoms with Gasteiger partial charge in [0.2, 0.25) is 0 Å². The summed E-state index contributed by atoms with van der Waals surface area (Å²) in [7, 11) is 2.97. The van der Waals surface area contributed by atoms with Gasteiger partial charge in [0.25, 0.3) is 5.91 Å². The molecular formula is C15H21NO4. The number of carbonyl (C=O) groups is 2. The molecule has 1 aromatic carbocycles. The molecule has 0 bridgehead atoms. The van der Waals surface area contributed by atoms with Crippen LogP contribution in [0.1, 0.15) is 23.2 Å². The number of nitrogens with zero attached hydrogens (tertiary/aromatic N) is 1. The van der Waals surface area contributed by atoms with E-state index in [4.69, 9.17) is 4.74 Å². The Bertz CT molecular complexity index is 419. The summed E-state index contributed by atoms with van der Waals surface area (Å²) in [6, 6.07) is 9.04. The molecule has 5 nitrogen and oxygen atoms in total. The van der Waals surface area contributed by atoms with Crippen LogP contribution in [0.25, 0.3) is 0 Å². The van der Waals surface area contributed by atoms with Crippen molar-refractivity contribution < 1.29 is 19.1 Å². The van der Waals surface area contributed by atoms with E-state index in [1.807, 2.05) is 18.2 Å². The van der Waals surface area contributed by atoms with Gasteiger partial charge < -0.3 is 14.4 Å². The first-order chi connectivity index (χ1) is 9.69. The van der Waals surface area contributed by atoms with Gasteiger partial charge in [0.05, 0.1) is 13.5 Å². The molecule has 0 aliphatic heterocycles. The molecule has 0 atom stereocenters. The molecule has 110 valence electrons. The predicted octanol–water partition coefficient (Wildman–Crippen LogP) is 1.73. The number of hydrogen-bond donors (Lipinski definition) is 0. The number of methoxy groups -OCH3 is 2. The predicted molar refractivity (Wildman–Crippen MR) is 75.5 cm³/mol. The number of rotatable bonds is 8. The van der Waals surface area contributed by atoms with Crippen LogP contribution in [-0.2, 0) is 14.3 Å². The van der Waals surface area contributed by atoms with Gasteiger partial charge >= 0.3 is 5.97 Å². The zero-order chi connectivity index (χ0) is 14.8. The number of carbonyl (C=O) groups excluding carboxylic acids is 2. The number of esters is 1. The Hall–Kier alpha value is -1.88. The molecule has 0 saturated heterocycles. The smallest absolute Gasteiger partial charge is 0.307 e. The lowest BCUT2D eigenvalue weighted by Crippen LogP contribution is -2.34. The minimum Gasteiger partial charge on any atom is -0.469 e. The van der Waals surface area contributed by atoms with Gasteiger partial charge in [-0.1, -0.05) is 18.2 Å². The summed E-state index contributed by atoms with van der Waals surface area (Å²) >= 11 is 0. The van der Waals surface area contributed by atoms with Gasteiger partial charge in [-0.05, 0) is 18.6 Å². The average molecular weight is 279 g/mol. The summed E-state index contributed by atoms with van der Waals surface area (Å²) in [5.74, 6) is -0.395. The van der Waals surface area contributed by atoms with Crippen molar-refractivity contribution in [1.82, 2.24) is 4.90 Å². The highest BCUT2D eigenvalue weighted by molar-refractivity contribution is 5.94. The Morgan fingerprint density at radius 1 is 1.10 bits per heavy atom. The van der Waals surface area contributed by atoms with E-state index >= 15 is 0 Å². The van der Waals surface area contributed by atoms with Gasteiger partial charge in [0.15, 0.2) is 0 Å². The normalized spacial score (nSPS) is 10.1. The maximum Gasteiger partial charge on any atom is 0.307 e. The summed E-state index contributed by atoms with van der Waals surface area (Å²) in [6.07, 6.45) is 0.929. The zero-order valence-corrected chi connectivity index (χ0v) is 12.0. The standard InChI is InChI=1S/C15H21NO4/c1-19-12-6-10-16(11-9-14(17)20-2)15(18)13-7-4-3-5-8-13/h3-5,7-8H,6,9-12H2,1-2H3. The average Bonchev–Trinajstić information content (AvgIpc) is 2.50. The van der Waals surface area contributed by atoms with Crippen LogP contribution in [0.3, 0.4) is 0 Å². The molecule has 0 fully saturated rings. The lowest BCUT2D eigenvalue weighted by molar-refractivity contribution is -0.140. The Morgan fingerprint density at radius 2 is 1.80 bits per heavy atom. The van der Waals surface area contributed by atoms with E-state index < -0.39 is 0 Å². The van der Waals surface area contributed by atoms with Crippen LogP contribution in [0.4, 0.5) is 0 Å². The molecule has 0 N–H and O–H groups in total. The van der Waals surface area contributed by atoms with E-state index in [0.717, 1.165) is 6.42 Å². The topological polar surface area (TPSA) is 55.8 Å². The third kappa shape index (κ3) is 5.40. The molecule has 0 saturated carbocycles. The molecular weight excluding hydrogens is 258 g/mol. The first-order valence-corrected chi connectivity index (χ1v) is 6.59. The lowest BCUT2D eigenvalue weighted by Gasteiger charge is -2.22. The fourth-order valence-corrected chi connectivity index (χ4v) is 1.81. The Labute approximate surface area is 119 Å². The summed E-state index contributed by atoms with van der Waals surface area (Å²) in [5, 5.41) is 0. The molecule has 1 aromatic rings. The van der Waals surface area contributed by atoms with Gasteiger partial charge in [-0.2, -0.15) is 0 Å². The maximum absolute atomic E-state index is 12.4. The maximum atomic E-state index is 12.4. The van der Waals surface area contributed by atoms with E-state index in [1.54, 1.807) is 24.1 Å². The molecule has 0 aromatic heterocycles. The molecule has 20 heavy (non-hydrogen) atoms. The van der Waals surface area contributed by atoms with Crippen molar-refractivity contribution >= 4 is 11.9 Å². The Morgan fingerprint density at radius 3 is 2.40 bits per heavy atom. The molecule has 0 spiro atoms. The zero-order valence-electron chi connectivity index (χ0n) is 12.0. The van der Waals surface area contributed by atoms with E-state index in [9.17, 15) is 9.59 Å². The quantitative estimate of drug-likeness (QED) is 0.537. The van der Waals surface area contributed by atoms with E-state index in [-0.39, 0.29) is 18.3 Å². The second-order valence-corrected chi connectivity index (χ2v) is 4.33. The third-order valence-corrected chi connectivity index (χ3v) is 2.90. The van der Waals surface area contributed by atoms with E-state index in [0.29, 0.717) is 25.3 Å². The summed E-state index contributed by atoms with van der Waals surface area (Å²) in [6.45, 7) is 1.49. The number of amides is 1. The highest BCUT2D eigenvalue weighted by Gasteiger charge is 2.16. The molecule has 0 aliphatic carbocycles. The summed E-state index contributed by atoms with van der Waals surface area (Å²) in [5.41, 5.74) is 0.620. The lowest BCUT2D eigenvalue weighted by atomic mass is 10.2. The van der Waals surface area contributed by atoms with Gasteiger partial charge in [0, 0.05) is 32.4 Å². The highest BCUT2D eigenvalue weighted by atomic mass is 16.5. The minimum atomic E-state index is -0.317. The molecule has 0 heterocycles. The number of ether oxygens (including phenoxy) is 2. The molecule has 0 unspecified atom stereocenters. The fraction of sp³-hybridized carbons (Fsp3) is 0.467. The van der Waals surface area contributed by atoms with Crippen LogP contribution in [0.5, 0.6) is 0 Å². The molecule has 1 rings (SSSR count). The van der Waals surface area contributed by atoms with Crippen LogP contribution in [0, 0.1) is 0 Å². The van der Waals surface area contributed by atoms with Crippen LogP contribution < -0.4 is 0 Å². The van der Waals surface area contributed by atoms with Gasteiger partial charge in [-0.3, -0.25) is 9.59 Å². The Balaban J connectivity index is 2.65. The van der Waals surface area contributed by atoms with Crippen molar-refractivity contribution in [2.24, 2.45) is 0 Å². The van der Waals surface area contributed by atoms with Gasteiger partial charge in [0.1, 0.15) is 0 Å². The summed E-state index contributed by atoms with van der Waals surface area (Å²) < 4.78 is 9.60. The molecule has 0 radical (unpaired) electrons. The monoisotopic (exact) mass is 279 g/mol. The van der Waals surface area contributed by atoms with E-state index in [1.165, 1.54) is 7.11 Å². The summed E-state index contributed by atoms with van der Waals surface area (Å²) in [4.78, 5) is 25.3. The minimum absolute atomic E-state index is 0.0781. The van der Waals surface area contributed by atoms with Crippen molar-refractivity contribution in [2.45, 2.75) is 12.8 Å². The third-order valence-electron chi connectivity index (χ3n) is 2.90. The first kappa shape index (κ1) is 16.2. The van der Waals surface area contributed by atoms with E-state index in [2.05, 4.69) is 4.74 Å². The van der Waals surface area contributed by atoms with Crippen molar-refractivity contribution in [2.75, 3.05) is 33.9 Å². The second kappa shape index (κ2) is 9.09. The van der Waals surface area contributed by atoms with Crippen LogP contribution in [0.15, 0.2) is 30.3 Å². The van der Waals surface area contributed by atoms with Crippen molar-refractivity contribution in [1.29, 1.82) is 0 Å². The van der Waals surface area contributed by atoms with Crippen LogP contribution >= 0.6 is 0 Å². The van der Waals surface area contributed by atoms with Crippen LogP contribution in [0.2, 0.25) is 0 Å². The van der Waals surface area contributed by atoms with Gasteiger partial charge in [-0.25, -0.2) is 0 Å². The van der Waals surface area contributed by atoms with Gasteiger partial charge in [-0.15, -0.1) is 0 Å². The fourth-order valence-electron chi connectivity index (χ4n) is 1.81. The van der Waals surface area contributed by atoms with Crippen molar-refractivity contribution in [3.05, 3.63) is 35.9 Å². The number of hydrogen-bond acceptors (Lipinski definition) is 4. The molecule has 5 heteroatoms. The van der Waals surface area contributed by atoms with Crippen LogP contribution in [-0.4, -0.2) is 50.7 Å². The highest BCUT2D eigenvalue weighted by Crippen LogP contribution is 2.06. The second-order valence-electron chi connectivity index (χ2n) is 4.33. The Kier molecular flexibility index (Phi) is 7.35. The largest absolute Gasteiger partial charge is 0.469 e. The SMILES string of the molecule is COCCCN(CCC(=O)OC)C(=O)c1ccccc1. The van der Waals surface area contributed by atoms with Crippen molar-refractivity contribution in [3.63, 3.8) is 0 Å². The molecule has 1 amide bonds. The van der Waals surface area contributed by atoms with Crippen molar-refractivity contribution in [3.8, 4) is 0 Å². The molecule has 0 aliphatic rings.